The van der Waals surface area contributed by atoms with Crippen molar-refractivity contribution in [2.45, 2.75) is 57.0 Å². The lowest BCUT2D eigenvalue weighted by Crippen LogP contribution is -2.36. The van der Waals surface area contributed by atoms with Gasteiger partial charge in [0.1, 0.15) is 11.6 Å². The van der Waals surface area contributed by atoms with E-state index >= 15 is 0 Å². The fourth-order valence-electron chi connectivity index (χ4n) is 4.13. The fraction of sp³-hybridized carbons (Fsp3) is 0.647. The first-order valence-corrected chi connectivity index (χ1v) is 7.63. The van der Waals surface area contributed by atoms with E-state index in [1.165, 1.54) is 37.8 Å². The van der Waals surface area contributed by atoms with Crippen molar-refractivity contribution >= 4 is 0 Å². The maximum Gasteiger partial charge on any atom is 0.125 e. The second kappa shape index (κ2) is 5.03. The van der Waals surface area contributed by atoms with Crippen LogP contribution < -0.4 is 4.74 Å². The molecule has 0 amide bonds. The SMILES string of the molecule is COc1ccc(F)cc1C1(O)CCC2(CCCC2)CC1. The summed E-state index contributed by atoms with van der Waals surface area (Å²) in [5.74, 6) is 0.284. The van der Waals surface area contributed by atoms with Crippen molar-refractivity contribution in [3.63, 3.8) is 0 Å². The average Bonchev–Trinajstić information content (AvgIpc) is 2.91. The molecule has 0 heterocycles. The van der Waals surface area contributed by atoms with E-state index in [1.807, 2.05) is 0 Å². The van der Waals surface area contributed by atoms with E-state index in [0.29, 0.717) is 29.6 Å². The zero-order valence-corrected chi connectivity index (χ0v) is 12.1. The van der Waals surface area contributed by atoms with E-state index in [1.54, 1.807) is 13.2 Å². The van der Waals surface area contributed by atoms with E-state index in [9.17, 15) is 9.50 Å². The molecule has 0 saturated heterocycles. The van der Waals surface area contributed by atoms with Crippen LogP contribution in [-0.2, 0) is 5.60 Å². The van der Waals surface area contributed by atoms with Crippen LogP contribution in [0.15, 0.2) is 18.2 Å². The van der Waals surface area contributed by atoms with Crippen LogP contribution in [0.2, 0.25) is 0 Å². The van der Waals surface area contributed by atoms with Gasteiger partial charge in [-0.15, -0.1) is 0 Å². The quantitative estimate of drug-likeness (QED) is 0.880. The minimum absolute atomic E-state index is 0.310. The van der Waals surface area contributed by atoms with E-state index in [-0.39, 0.29) is 5.82 Å². The number of methoxy groups -OCH3 is 1. The lowest BCUT2D eigenvalue weighted by Gasteiger charge is -2.42. The molecule has 2 aliphatic rings. The van der Waals surface area contributed by atoms with Crippen molar-refractivity contribution in [3.8, 4) is 5.75 Å². The highest BCUT2D eigenvalue weighted by Crippen LogP contribution is 2.54. The molecule has 0 aromatic heterocycles. The summed E-state index contributed by atoms with van der Waals surface area (Å²) in [5, 5.41) is 11.0. The second-order valence-electron chi connectivity index (χ2n) is 6.58. The third-order valence-electron chi connectivity index (χ3n) is 5.46. The first-order valence-electron chi connectivity index (χ1n) is 7.63. The Morgan fingerprint density at radius 2 is 1.70 bits per heavy atom. The van der Waals surface area contributed by atoms with Crippen molar-refractivity contribution in [1.29, 1.82) is 0 Å². The first kappa shape index (κ1) is 13.9. The summed E-state index contributed by atoms with van der Waals surface area (Å²) < 4.78 is 18.8. The van der Waals surface area contributed by atoms with Crippen LogP contribution in [-0.4, -0.2) is 12.2 Å². The van der Waals surface area contributed by atoms with Gasteiger partial charge in [0.2, 0.25) is 0 Å². The van der Waals surface area contributed by atoms with Gasteiger partial charge in [0.15, 0.2) is 0 Å². The van der Waals surface area contributed by atoms with Gasteiger partial charge in [-0.05, 0) is 62.1 Å². The predicted octanol–water partition coefficient (Wildman–Crippen LogP) is 4.16. The Morgan fingerprint density at radius 3 is 2.30 bits per heavy atom. The molecule has 0 aliphatic heterocycles. The van der Waals surface area contributed by atoms with E-state index in [4.69, 9.17) is 4.74 Å². The summed E-state index contributed by atoms with van der Waals surface area (Å²) in [4.78, 5) is 0. The van der Waals surface area contributed by atoms with Crippen LogP contribution in [0.1, 0.15) is 56.9 Å². The van der Waals surface area contributed by atoms with Crippen molar-refractivity contribution < 1.29 is 14.2 Å². The van der Waals surface area contributed by atoms with E-state index < -0.39 is 5.60 Å². The molecule has 20 heavy (non-hydrogen) atoms. The van der Waals surface area contributed by atoms with Gasteiger partial charge in [0.25, 0.3) is 0 Å². The molecule has 0 radical (unpaired) electrons. The van der Waals surface area contributed by atoms with Gasteiger partial charge in [0.05, 0.1) is 12.7 Å². The maximum absolute atomic E-state index is 13.5. The van der Waals surface area contributed by atoms with Gasteiger partial charge in [-0.25, -0.2) is 4.39 Å². The standard InChI is InChI=1S/C17H23FO2/c1-20-15-5-4-13(18)12-14(15)17(19)10-8-16(9-11-17)6-2-3-7-16/h4-5,12,19H,2-3,6-11H2,1H3. The largest absolute Gasteiger partial charge is 0.496 e. The molecule has 1 spiro atoms. The zero-order chi connectivity index (χ0) is 14.2. The smallest absolute Gasteiger partial charge is 0.125 e. The van der Waals surface area contributed by atoms with Gasteiger partial charge in [0, 0.05) is 5.56 Å². The summed E-state index contributed by atoms with van der Waals surface area (Å²) in [7, 11) is 1.57. The van der Waals surface area contributed by atoms with Gasteiger partial charge in [-0.2, -0.15) is 0 Å². The molecule has 2 saturated carbocycles. The number of halogens is 1. The van der Waals surface area contributed by atoms with Gasteiger partial charge >= 0.3 is 0 Å². The molecular weight excluding hydrogens is 255 g/mol. The molecule has 0 unspecified atom stereocenters. The molecule has 3 heteroatoms. The topological polar surface area (TPSA) is 29.5 Å². The molecule has 0 atom stereocenters. The first-order chi connectivity index (χ1) is 9.57. The highest BCUT2D eigenvalue weighted by Gasteiger charge is 2.44. The van der Waals surface area contributed by atoms with Crippen LogP contribution in [0.3, 0.4) is 0 Å². The highest BCUT2D eigenvalue weighted by molar-refractivity contribution is 5.39. The maximum atomic E-state index is 13.5. The molecule has 0 bridgehead atoms. The predicted molar refractivity (Wildman–Crippen MR) is 76.2 cm³/mol. The lowest BCUT2D eigenvalue weighted by molar-refractivity contribution is -0.0392. The molecule has 2 nitrogen and oxygen atoms in total. The number of ether oxygens (including phenoxy) is 1. The Hall–Kier alpha value is -1.09. The Morgan fingerprint density at radius 1 is 1.05 bits per heavy atom. The normalized spacial score (nSPS) is 23.9. The number of benzene rings is 1. The van der Waals surface area contributed by atoms with Crippen molar-refractivity contribution in [2.24, 2.45) is 5.41 Å². The molecule has 2 aliphatic carbocycles. The van der Waals surface area contributed by atoms with E-state index in [0.717, 1.165) is 12.8 Å². The Labute approximate surface area is 120 Å². The molecule has 110 valence electrons. The summed E-state index contributed by atoms with van der Waals surface area (Å²) in [6.45, 7) is 0. The van der Waals surface area contributed by atoms with Crippen LogP contribution >= 0.6 is 0 Å². The zero-order valence-electron chi connectivity index (χ0n) is 12.1. The number of hydrogen-bond acceptors (Lipinski definition) is 2. The number of hydrogen-bond donors (Lipinski definition) is 1. The van der Waals surface area contributed by atoms with Crippen LogP contribution in [0.5, 0.6) is 5.75 Å². The summed E-state index contributed by atoms with van der Waals surface area (Å²) in [5.41, 5.74) is 0.140. The Balaban J connectivity index is 1.85. The fourth-order valence-corrected chi connectivity index (χ4v) is 4.13. The molecule has 3 rings (SSSR count). The van der Waals surface area contributed by atoms with Crippen LogP contribution in [0.4, 0.5) is 4.39 Å². The summed E-state index contributed by atoms with van der Waals surface area (Å²) in [6.07, 6.45) is 8.75. The second-order valence-corrected chi connectivity index (χ2v) is 6.58. The highest BCUT2D eigenvalue weighted by atomic mass is 19.1. The summed E-state index contributed by atoms with van der Waals surface area (Å²) in [6, 6.07) is 4.43. The summed E-state index contributed by atoms with van der Waals surface area (Å²) >= 11 is 0. The number of aliphatic hydroxyl groups is 1. The van der Waals surface area contributed by atoms with Crippen molar-refractivity contribution in [2.75, 3.05) is 7.11 Å². The molecule has 1 N–H and O–H groups in total. The van der Waals surface area contributed by atoms with Crippen molar-refractivity contribution in [3.05, 3.63) is 29.6 Å². The molecule has 1 aromatic carbocycles. The van der Waals surface area contributed by atoms with E-state index in [2.05, 4.69) is 0 Å². The van der Waals surface area contributed by atoms with Crippen LogP contribution in [0.25, 0.3) is 0 Å². The number of rotatable bonds is 2. The molecule has 2 fully saturated rings. The molecule has 1 aromatic rings. The minimum atomic E-state index is -0.929. The Kier molecular flexibility index (Phi) is 3.49. The molecular formula is C17H23FO2. The third kappa shape index (κ3) is 2.32. The van der Waals surface area contributed by atoms with Gasteiger partial charge in [-0.1, -0.05) is 12.8 Å². The minimum Gasteiger partial charge on any atom is -0.496 e. The average molecular weight is 278 g/mol. The van der Waals surface area contributed by atoms with Crippen molar-refractivity contribution in [1.82, 2.24) is 0 Å². The van der Waals surface area contributed by atoms with Crippen LogP contribution in [0, 0.1) is 11.2 Å². The Bertz CT molecular complexity index is 482. The lowest BCUT2D eigenvalue weighted by atomic mass is 9.66. The third-order valence-corrected chi connectivity index (χ3v) is 5.46. The van der Waals surface area contributed by atoms with Gasteiger partial charge < -0.3 is 9.84 Å². The van der Waals surface area contributed by atoms with Gasteiger partial charge in [-0.3, -0.25) is 0 Å². The monoisotopic (exact) mass is 278 g/mol.